The standard InChI is InChI=1S/C14H18FNOS/c1-11-6-8-16(10-11)14(17)7-9-18-13-5-3-2-4-12(13)15/h2-5,11H,6-10H2,1H3. The molecule has 1 aliphatic rings. The summed E-state index contributed by atoms with van der Waals surface area (Å²) >= 11 is 1.41. The van der Waals surface area contributed by atoms with E-state index in [4.69, 9.17) is 0 Å². The van der Waals surface area contributed by atoms with Crippen molar-refractivity contribution in [2.45, 2.75) is 24.7 Å². The maximum atomic E-state index is 13.4. The second-order valence-electron chi connectivity index (χ2n) is 4.76. The van der Waals surface area contributed by atoms with Crippen LogP contribution in [0.1, 0.15) is 19.8 Å². The van der Waals surface area contributed by atoms with Crippen molar-refractivity contribution in [1.82, 2.24) is 4.90 Å². The Balaban J connectivity index is 1.75. The van der Waals surface area contributed by atoms with Crippen LogP contribution in [0.4, 0.5) is 4.39 Å². The molecule has 0 bridgehead atoms. The van der Waals surface area contributed by atoms with Gasteiger partial charge >= 0.3 is 0 Å². The lowest BCUT2D eigenvalue weighted by atomic mass is 10.2. The molecule has 18 heavy (non-hydrogen) atoms. The van der Waals surface area contributed by atoms with Gasteiger partial charge in [0.2, 0.25) is 5.91 Å². The number of benzene rings is 1. The first-order chi connectivity index (χ1) is 8.66. The van der Waals surface area contributed by atoms with Gasteiger partial charge in [-0.25, -0.2) is 4.39 Å². The molecule has 1 aromatic carbocycles. The maximum absolute atomic E-state index is 13.4. The number of likely N-dealkylation sites (tertiary alicyclic amines) is 1. The normalized spacial score (nSPS) is 19.2. The molecule has 0 saturated carbocycles. The fraction of sp³-hybridized carbons (Fsp3) is 0.500. The van der Waals surface area contributed by atoms with Crippen molar-refractivity contribution in [2.24, 2.45) is 5.92 Å². The Morgan fingerprint density at radius 2 is 2.28 bits per heavy atom. The van der Waals surface area contributed by atoms with E-state index in [0.29, 0.717) is 23.0 Å². The van der Waals surface area contributed by atoms with Gasteiger partial charge in [0.15, 0.2) is 0 Å². The van der Waals surface area contributed by atoms with Crippen LogP contribution in [-0.2, 0) is 4.79 Å². The van der Waals surface area contributed by atoms with Crippen LogP contribution in [0.5, 0.6) is 0 Å². The molecule has 0 radical (unpaired) electrons. The smallest absolute Gasteiger partial charge is 0.223 e. The van der Waals surface area contributed by atoms with Crippen LogP contribution in [0.25, 0.3) is 0 Å². The van der Waals surface area contributed by atoms with Gasteiger partial charge in [-0.1, -0.05) is 19.1 Å². The molecule has 1 aromatic rings. The molecule has 1 aliphatic heterocycles. The van der Waals surface area contributed by atoms with Crippen molar-refractivity contribution < 1.29 is 9.18 Å². The van der Waals surface area contributed by atoms with Gasteiger partial charge in [0.05, 0.1) is 0 Å². The molecule has 0 aromatic heterocycles. The van der Waals surface area contributed by atoms with Gasteiger partial charge in [-0.05, 0) is 24.5 Å². The summed E-state index contributed by atoms with van der Waals surface area (Å²) in [6.07, 6.45) is 1.60. The predicted molar refractivity (Wildman–Crippen MR) is 72.1 cm³/mol. The average Bonchev–Trinajstić information content (AvgIpc) is 2.78. The van der Waals surface area contributed by atoms with Crippen LogP contribution in [-0.4, -0.2) is 29.6 Å². The number of carbonyl (C=O) groups is 1. The Morgan fingerprint density at radius 3 is 2.94 bits per heavy atom. The molecular formula is C14H18FNOS. The van der Waals surface area contributed by atoms with Crippen LogP contribution in [0.2, 0.25) is 0 Å². The third-order valence-corrected chi connectivity index (χ3v) is 4.24. The molecule has 98 valence electrons. The van der Waals surface area contributed by atoms with Crippen molar-refractivity contribution in [3.8, 4) is 0 Å². The van der Waals surface area contributed by atoms with Crippen molar-refractivity contribution in [3.63, 3.8) is 0 Å². The van der Waals surface area contributed by atoms with Crippen LogP contribution < -0.4 is 0 Å². The van der Waals surface area contributed by atoms with Gasteiger partial charge in [-0.15, -0.1) is 11.8 Å². The molecule has 0 aliphatic carbocycles. The van der Waals surface area contributed by atoms with E-state index in [1.54, 1.807) is 12.1 Å². The van der Waals surface area contributed by atoms with E-state index in [-0.39, 0.29) is 11.7 Å². The minimum Gasteiger partial charge on any atom is -0.342 e. The zero-order valence-corrected chi connectivity index (χ0v) is 11.4. The quantitative estimate of drug-likeness (QED) is 0.781. The van der Waals surface area contributed by atoms with E-state index in [9.17, 15) is 9.18 Å². The van der Waals surface area contributed by atoms with Gasteiger partial charge in [0.25, 0.3) is 0 Å². The fourth-order valence-corrected chi connectivity index (χ4v) is 3.01. The molecule has 1 saturated heterocycles. The van der Waals surface area contributed by atoms with Gasteiger partial charge in [0.1, 0.15) is 5.82 Å². The summed E-state index contributed by atoms with van der Waals surface area (Å²) in [4.78, 5) is 14.4. The van der Waals surface area contributed by atoms with E-state index in [0.717, 1.165) is 19.5 Å². The van der Waals surface area contributed by atoms with Crippen LogP contribution in [0.15, 0.2) is 29.2 Å². The Bertz CT molecular complexity index is 424. The van der Waals surface area contributed by atoms with E-state index < -0.39 is 0 Å². The first kappa shape index (κ1) is 13.4. The molecule has 1 fully saturated rings. The first-order valence-electron chi connectivity index (χ1n) is 6.32. The molecule has 0 N–H and O–H groups in total. The molecule has 1 amide bonds. The molecule has 4 heteroatoms. The third kappa shape index (κ3) is 3.48. The van der Waals surface area contributed by atoms with Crippen LogP contribution >= 0.6 is 11.8 Å². The lowest BCUT2D eigenvalue weighted by Crippen LogP contribution is -2.28. The van der Waals surface area contributed by atoms with Crippen LogP contribution in [0, 0.1) is 11.7 Å². The highest BCUT2D eigenvalue weighted by Crippen LogP contribution is 2.23. The Labute approximate surface area is 112 Å². The van der Waals surface area contributed by atoms with Gasteiger partial charge in [0, 0.05) is 30.2 Å². The van der Waals surface area contributed by atoms with E-state index in [2.05, 4.69) is 6.92 Å². The Morgan fingerprint density at radius 1 is 1.50 bits per heavy atom. The SMILES string of the molecule is CC1CCN(C(=O)CCSc2ccccc2F)C1. The molecule has 0 spiro atoms. The van der Waals surface area contributed by atoms with E-state index in [1.165, 1.54) is 17.8 Å². The van der Waals surface area contributed by atoms with Crippen molar-refractivity contribution in [1.29, 1.82) is 0 Å². The van der Waals surface area contributed by atoms with Gasteiger partial charge in [-0.2, -0.15) is 0 Å². The van der Waals surface area contributed by atoms with Crippen molar-refractivity contribution in [3.05, 3.63) is 30.1 Å². The second kappa shape index (κ2) is 6.23. The zero-order chi connectivity index (χ0) is 13.0. The summed E-state index contributed by atoms with van der Waals surface area (Å²) in [5.41, 5.74) is 0. The average molecular weight is 267 g/mol. The number of halogens is 1. The molecular weight excluding hydrogens is 249 g/mol. The maximum Gasteiger partial charge on any atom is 0.223 e. The Kier molecular flexibility index (Phi) is 4.64. The number of amides is 1. The highest BCUT2D eigenvalue weighted by atomic mass is 32.2. The number of nitrogens with zero attached hydrogens (tertiary/aromatic N) is 1. The Hall–Kier alpha value is -1.03. The van der Waals surface area contributed by atoms with E-state index in [1.807, 2.05) is 11.0 Å². The fourth-order valence-electron chi connectivity index (χ4n) is 2.13. The molecule has 1 atom stereocenters. The molecule has 2 rings (SSSR count). The number of hydrogen-bond acceptors (Lipinski definition) is 2. The minimum atomic E-state index is -0.204. The lowest BCUT2D eigenvalue weighted by molar-refractivity contribution is -0.129. The monoisotopic (exact) mass is 267 g/mol. The van der Waals surface area contributed by atoms with Gasteiger partial charge in [-0.3, -0.25) is 4.79 Å². The summed E-state index contributed by atoms with van der Waals surface area (Å²) in [5, 5.41) is 0. The number of hydrogen-bond donors (Lipinski definition) is 0. The van der Waals surface area contributed by atoms with Crippen LogP contribution in [0.3, 0.4) is 0 Å². The number of rotatable bonds is 4. The van der Waals surface area contributed by atoms with Gasteiger partial charge < -0.3 is 4.90 Å². The summed E-state index contributed by atoms with van der Waals surface area (Å²) in [5.74, 6) is 1.26. The number of carbonyl (C=O) groups excluding carboxylic acids is 1. The molecule has 1 heterocycles. The predicted octanol–water partition coefficient (Wildman–Crippen LogP) is 3.18. The number of thioether (sulfide) groups is 1. The van der Waals surface area contributed by atoms with Crippen molar-refractivity contribution in [2.75, 3.05) is 18.8 Å². The highest BCUT2D eigenvalue weighted by Gasteiger charge is 2.22. The topological polar surface area (TPSA) is 20.3 Å². The molecule has 2 nitrogen and oxygen atoms in total. The molecule has 1 unspecified atom stereocenters. The minimum absolute atomic E-state index is 0.197. The first-order valence-corrected chi connectivity index (χ1v) is 7.30. The summed E-state index contributed by atoms with van der Waals surface area (Å²) in [6.45, 7) is 3.93. The third-order valence-electron chi connectivity index (χ3n) is 3.19. The summed E-state index contributed by atoms with van der Waals surface area (Å²) < 4.78 is 13.4. The summed E-state index contributed by atoms with van der Waals surface area (Å²) in [7, 11) is 0. The lowest BCUT2D eigenvalue weighted by Gasteiger charge is -2.15. The highest BCUT2D eigenvalue weighted by molar-refractivity contribution is 7.99. The second-order valence-corrected chi connectivity index (χ2v) is 5.90. The summed E-state index contributed by atoms with van der Waals surface area (Å²) in [6, 6.07) is 6.69. The van der Waals surface area contributed by atoms with Crippen molar-refractivity contribution >= 4 is 17.7 Å². The van der Waals surface area contributed by atoms with E-state index >= 15 is 0 Å². The zero-order valence-electron chi connectivity index (χ0n) is 10.6. The largest absolute Gasteiger partial charge is 0.342 e.